The maximum absolute atomic E-state index is 13.1. The second kappa shape index (κ2) is 6.50. The number of rotatable bonds is 3. The number of carboxylic acid groups (broad SMARTS) is 1. The number of carbonyl (C=O) groups is 2. The van der Waals surface area contributed by atoms with Gasteiger partial charge < -0.3 is 9.84 Å². The summed E-state index contributed by atoms with van der Waals surface area (Å²) in [6, 6.07) is 4.10. The molecule has 1 heterocycles. The average Bonchev–Trinajstić information content (AvgIpc) is 3.05. The molecule has 1 unspecified atom stereocenters. The molecule has 1 aromatic carbocycles. The third-order valence-corrected chi connectivity index (χ3v) is 5.99. The van der Waals surface area contributed by atoms with Crippen LogP contribution < -0.4 is 0 Å². The standard InChI is InChI=1S/C23H30O4/c1-13-11-14(2)16(15(3)12-13)17-18(19(20(24)25)22(4,5)6)23(27-21(17)26)9-7-8-10-23/h11-12,19H,7-10H2,1-6H3,(H,24,25). The number of esters is 1. The summed E-state index contributed by atoms with van der Waals surface area (Å²) in [4.78, 5) is 25.5. The van der Waals surface area contributed by atoms with Gasteiger partial charge in [0.1, 0.15) is 5.60 Å². The quantitative estimate of drug-likeness (QED) is 0.762. The zero-order valence-corrected chi connectivity index (χ0v) is 17.2. The minimum atomic E-state index is -0.887. The molecule has 0 radical (unpaired) electrons. The Bertz CT molecular complexity index is 809. The van der Waals surface area contributed by atoms with E-state index < -0.39 is 22.9 Å². The Kier molecular flexibility index (Phi) is 4.73. The summed E-state index contributed by atoms with van der Waals surface area (Å²) in [5.74, 6) is -2.02. The summed E-state index contributed by atoms with van der Waals surface area (Å²) < 4.78 is 5.98. The lowest BCUT2D eigenvalue weighted by Crippen LogP contribution is -2.40. The number of hydrogen-bond acceptors (Lipinski definition) is 3. The zero-order valence-electron chi connectivity index (χ0n) is 17.2. The Labute approximate surface area is 161 Å². The molecule has 2 aliphatic rings. The first-order valence-electron chi connectivity index (χ1n) is 9.77. The Balaban J connectivity index is 2.38. The molecule has 0 bridgehead atoms. The number of hydrogen-bond donors (Lipinski definition) is 1. The van der Waals surface area contributed by atoms with E-state index in [-0.39, 0.29) is 5.97 Å². The van der Waals surface area contributed by atoms with Crippen LogP contribution in [0.5, 0.6) is 0 Å². The number of aliphatic carboxylic acids is 1. The van der Waals surface area contributed by atoms with Crippen LogP contribution >= 0.6 is 0 Å². The molecule has 1 saturated carbocycles. The van der Waals surface area contributed by atoms with E-state index in [1.807, 2.05) is 53.7 Å². The lowest BCUT2D eigenvalue weighted by molar-refractivity contribution is -0.150. The Morgan fingerprint density at radius 1 is 1.11 bits per heavy atom. The van der Waals surface area contributed by atoms with Crippen LogP contribution in [-0.4, -0.2) is 22.6 Å². The zero-order chi connectivity index (χ0) is 20.1. The first kappa shape index (κ1) is 19.7. The normalized spacial score (nSPS) is 20.3. The van der Waals surface area contributed by atoms with Crippen LogP contribution in [-0.2, 0) is 14.3 Å². The van der Waals surface area contributed by atoms with Gasteiger partial charge in [-0.1, -0.05) is 38.5 Å². The molecular formula is C23H30O4. The van der Waals surface area contributed by atoms with Gasteiger partial charge in [-0.3, -0.25) is 4.79 Å². The largest absolute Gasteiger partial charge is 0.481 e. The Morgan fingerprint density at radius 2 is 1.63 bits per heavy atom. The first-order chi connectivity index (χ1) is 12.5. The number of benzene rings is 1. The van der Waals surface area contributed by atoms with Crippen molar-refractivity contribution in [3.8, 4) is 0 Å². The molecule has 4 heteroatoms. The van der Waals surface area contributed by atoms with Crippen molar-refractivity contribution in [1.29, 1.82) is 0 Å². The minimum absolute atomic E-state index is 0.363. The van der Waals surface area contributed by atoms with E-state index in [4.69, 9.17) is 4.74 Å². The molecule has 1 aromatic rings. The van der Waals surface area contributed by atoms with Gasteiger partial charge in [0.05, 0.1) is 11.5 Å². The van der Waals surface area contributed by atoms with E-state index in [1.54, 1.807) is 0 Å². The van der Waals surface area contributed by atoms with Crippen molar-refractivity contribution in [2.75, 3.05) is 0 Å². The average molecular weight is 370 g/mol. The molecule has 1 spiro atoms. The lowest BCUT2D eigenvalue weighted by atomic mass is 9.68. The van der Waals surface area contributed by atoms with E-state index in [2.05, 4.69) is 0 Å². The molecule has 0 aromatic heterocycles. The van der Waals surface area contributed by atoms with Gasteiger partial charge >= 0.3 is 11.9 Å². The van der Waals surface area contributed by atoms with E-state index >= 15 is 0 Å². The highest BCUT2D eigenvalue weighted by atomic mass is 16.6. The summed E-state index contributed by atoms with van der Waals surface area (Å²) in [7, 11) is 0. The van der Waals surface area contributed by atoms with Crippen molar-refractivity contribution < 1.29 is 19.4 Å². The molecule has 1 atom stereocenters. The molecule has 1 aliphatic carbocycles. The van der Waals surface area contributed by atoms with Crippen LogP contribution in [0, 0.1) is 32.1 Å². The van der Waals surface area contributed by atoms with Gasteiger partial charge in [0, 0.05) is 5.57 Å². The monoisotopic (exact) mass is 370 g/mol. The molecule has 1 N–H and O–H groups in total. The highest BCUT2D eigenvalue weighted by molar-refractivity contribution is 6.21. The number of carbonyl (C=O) groups excluding carboxylic acids is 1. The maximum atomic E-state index is 13.1. The van der Waals surface area contributed by atoms with Crippen molar-refractivity contribution >= 4 is 17.5 Å². The number of carboxylic acids is 1. The molecular weight excluding hydrogens is 340 g/mol. The highest BCUT2D eigenvalue weighted by Gasteiger charge is 2.55. The molecule has 0 amide bonds. The van der Waals surface area contributed by atoms with Crippen LogP contribution in [0.4, 0.5) is 0 Å². The SMILES string of the molecule is Cc1cc(C)c(C2=C(C(C(=O)O)C(C)(C)C)C3(CCCC3)OC2=O)c(C)c1. The molecule has 0 saturated heterocycles. The fourth-order valence-corrected chi connectivity index (χ4v) is 5.08. The van der Waals surface area contributed by atoms with Crippen molar-refractivity contribution in [3.63, 3.8) is 0 Å². The summed E-state index contributed by atoms with van der Waals surface area (Å²) in [5.41, 5.74) is 3.86. The summed E-state index contributed by atoms with van der Waals surface area (Å²) in [6.07, 6.45) is 3.32. The van der Waals surface area contributed by atoms with Gasteiger partial charge in [-0.05, 0) is 68.6 Å². The lowest BCUT2D eigenvalue weighted by Gasteiger charge is -2.36. The van der Waals surface area contributed by atoms with Crippen LogP contribution in [0.2, 0.25) is 0 Å². The van der Waals surface area contributed by atoms with E-state index in [0.29, 0.717) is 24.0 Å². The summed E-state index contributed by atoms with van der Waals surface area (Å²) >= 11 is 0. The van der Waals surface area contributed by atoms with Crippen LogP contribution in [0.15, 0.2) is 17.7 Å². The van der Waals surface area contributed by atoms with Gasteiger partial charge in [-0.2, -0.15) is 0 Å². The van der Waals surface area contributed by atoms with Gasteiger partial charge in [-0.15, -0.1) is 0 Å². The second-order valence-corrected chi connectivity index (χ2v) is 9.29. The molecule has 3 rings (SSSR count). The van der Waals surface area contributed by atoms with Crippen molar-refractivity contribution in [2.24, 2.45) is 11.3 Å². The first-order valence-corrected chi connectivity index (χ1v) is 9.77. The topological polar surface area (TPSA) is 63.6 Å². The Morgan fingerprint density at radius 3 is 2.07 bits per heavy atom. The van der Waals surface area contributed by atoms with Gasteiger partial charge in [0.25, 0.3) is 0 Å². The van der Waals surface area contributed by atoms with Gasteiger partial charge in [-0.25, -0.2) is 4.79 Å². The van der Waals surface area contributed by atoms with Crippen molar-refractivity contribution in [1.82, 2.24) is 0 Å². The Hall–Kier alpha value is -2.10. The third-order valence-electron chi connectivity index (χ3n) is 5.99. The number of ether oxygens (including phenoxy) is 1. The fraction of sp³-hybridized carbons (Fsp3) is 0.565. The second-order valence-electron chi connectivity index (χ2n) is 9.29. The summed E-state index contributed by atoms with van der Waals surface area (Å²) in [5, 5.41) is 10.1. The van der Waals surface area contributed by atoms with Crippen molar-refractivity contribution in [3.05, 3.63) is 40.0 Å². The molecule has 27 heavy (non-hydrogen) atoms. The molecule has 4 nitrogen and oxygen atoms in total. The van der Waals surface area contributed by atoms with Crippen LogP contribution in [0.3, 0.4) is 0 Å². The maximum Gasteiger partial charge on any atom is 0.339 e. The molecule has 1 fully saturated rings. The predicted octanol–water partition coefficient (Wildman–Crippen LogP) is 4.98. The van der Waals surface area contributed by atoms with E-state index in [1.165, 1.54) is 0 Å². The third kappa shape index (κ3) is 3.19. The van der Waals surface area contributed by atoms with Gasteiger partial charge in [0.15, 0.2) is 0 Å². The molecule has 146 valence electrons. The van der Waals surface area contributed by atoms with Crippen LogP contribution in [0.25, 0.3) is 5.57 Å². The van der Waals surface area contributed by atoms with Gasteiger partial charge in [0.2, 0.25) is 0 Å². The predicted molar refractivity (Wildman–Crippen MR) is 105 cm³/mol. The van der Waals surface area contributed by atoms with E-state index in [9.17, 15) is 14.7 Å². The highest BCUT2D eigenvalue weighted by Crippen LogP contribution is 2.54. The van der Waals surface area contributed by atoms with Crippen molar-refractivity contribution in [2.45, 2.75) is 72.8 Å². The summed E-state index contributed by atoms with van der Waals surface area (Å²) in [6.45, 7) is 11.8. The number of aryl methyl sites for hydroxylation is 3. The minimum Gasteiger partial charge on any atom is -0.481 e. The smallest absolute Gasteiger partial charge is 0.339 e. The van der Waals surface area contributed by atoms with E-state index in [0.717, 1.165) is 35.1 Å². The molecule has 1 aliphatic heterocycles. The van der Waals surface area contributed by atoms with Crippen LogP contribution in [0.1, 0.15) is 68.7 Å². The fourth-order valence-electron chi connectivity index (χ4n) is 5.08.